The van der Waals surface area contributed by atoms with Crippen LogP contribution in [0.1, 0.15) is 24.2 Å². The van der Waals surface area contributed by atoms with Crippen molar-refractivity contribution >= 4 is 34.8 Å². The predicted octanol–water partition coefficient (Wildman–Crippen LogP) is 2.97. The molecule has 0 radical (unpaired) electrons. The second-order valence-corrected chi connectivity index (χ2v) is 5.76. The van der Waals surface area contributed by atoms with Crippen molar-refractivity contribution in [1.82, 2.24) is 0 Å². The molecular weight excluding hydrogens is 286 g/mol. The van der Waals surface area contributed by atoms with Gasteiger partial charge >= 0.3 is 0 Å². The van der Waals surface area contributed by atoms with E-state index in [4.69, 9.17) is 0 Å². The molecule has 0 atom stereocenters. The van der Waals surface area contributed by atoms with E-state index in [1.165, 1.54) is 30.8 Å². The van der Waals surface area contributed by atoms with Crippen LogP contribution >= 0.6 is 11.8 Å². The van der Waals surface area contributed by atoms with Crippen LogP contribution in [0, 0.1) is 0 Å². The van der Waals surface area contributed by atoms with E-state index in [2.05, 4.69) is 5.32 Å². The van der Waals surface area contributed by atoms with Gasteiger partial charge in [-0.25, -0.2) is 0 Å². The van der Waals surface area contributed by atoms with E-state index in [0.29, 0.717) is 16.2 Å². The maximum atomic E-state index is 12.1. The molecule has 1 aromatic rings. The number of carbonyl (C=O) groups excluding carboxylic acids is 3. The third-order valence-electron chi connectivity index (χ3n) is 2.92. The van der Waals surface area contributed by atoms with Gasteiger partial charge in [-0.2, -0.15) is 0 Å². The number of anilines is 1. The predicted molar refractivity (Wildman–Crippen MR) is 84.4 cm³/mol. The van der Waals surface area contributed by atoms with Crippen LogP contribution in [-0.2, 0) is 9.59 Å². The Bertz CT molecular complexity index is 674. The first-order valence-corrected chi connectivity index (χ1v) is 7.53. The molecule has 5 heteroatoms. The molecule has 1 N–H and O–H groups in total. The van der Waals surface area contributed by atoms with Crippen molar-refractivity contribution in [3.05, 3.63) is 52.6 Å². The van der Waals surface area contributed by atoms with Crippen LogP contribution in [-0.4, -0.2) is 23.1 Å². The number of hydrogen-bond donors (Lipinski definition) is 1. The topological polar surface area (TPSA) is 63.2 Å². The smallest absolute Gasteiger partial charge is 0.203 e. The molecule has 21 heavy (non-hydrogen) atoms. The summed E-state index contributed by atoms with van der Waals surface area (Å²) in [5, 5.41) is 2.89. The van der Waals surface area contributed by atoms with Gasteiger partial charge in [0, 0.05) is 23.4 Å². The Morgan fingerprint density at radius 2 is 1.86 bits per heavy atom. The molecule has 0 aromatic heterocycles. The summed E-state index contributed by atoms with van der Waals surface area (Å²) in [6.07, 6.45) is 2.63. The number of allylic oxidation sites excluding steroid dienone is 3. The van der Waals surface area contributed by atoms with Crippen molar-refractivity contribution in [1.29, 1.82) is 0 Å². The number of ketones is 3. The summed E-state index contributed by atoms with van der Waals surface area (Å²) in [7, 11) is 0. The summed E-state index contributed by atoms with van der Waals surface area (Å²) in [6.45, 7) is 3.38. The zero-order valence-corrected chi connectivity index (χ0v) is 12.6. The van der Waals surface area contributed by atoms with Crippen molar-refractivity contribution in [2.45, 2.75) is 13.8 Å². The van der Waals surface area contributed by atoms with Gasteiger partial charge in [0.15, 0.2) is 11.6 Å². The average Bonchev–Trinajstić information content (AvgIpc) is 2.45. The van der Waals surface area contributed by atoms with Crippen LogP contribution < -0.4 is 5.32 Å². The molecule has 4 nitrogen and oxygen atoms in total. The summed E-state index contributed by atoms with van der Waals surface area (Å²) in [4.78, 5) is 36.0. The number of nitrogens with one attached hydrogen (secondary N) is 1. The van der Waals surface area contributed by atoms with Crippen LogP contribution in [0.2, 0.25) is 0 Å². The monoisotopic (exact) mass is 301 g/mol. The highest BCUT2D eigenvalue weighted by atomic mass is 32.2. The van der Waals surface area contributed by atoms with Gasteiger partial charge < -0.3 is 5.32 Å². The Labute approximate surface area is 127 Å². The Hall–Kier alpha value is -2.14. The van der Waals surface area contributed by atoms with Gasteiger partial charge in [0.05, 0.1) is 10.6 Å². The van der Waals surface area contributed by atoms with Crippen molar-refractivity contribution < 1.29 is 14.4 Å². The molecule has 0 fully saturated rings. The van der Waals surface area contributed by atoms with E-state index in [9.17, 15) is 14.4 Å². The number of hydrogen-bond acceptors (Lipinski definition) is 5. The summed E-state index contributed by atoms with van der Waals surface area (Å²) < 4.78 is 0. The highest BCUT2D eigenvalue weighted by molar-refractivity contribution is 8.04. The van der Waals surface area contributed by atoms with Gasteiger partial charge in [0.2, 0.25) is 5.78 Å². The molecule has 0 bridgehead atoms. The van der Waals surface area contributed by atoms with Crippen molar-refractivity contribution in [2.75, 3.05) is 11.1 Å². The van der Waals surface area contributed by atoms with Crippen LogP contribution in [0.4, 0.5) is 5.69 Å². The van der Waals surface area contributed by atoms with Crippen LogP contribution in [0.25, 0.3) is 0 Å². The lowest BCUT2D eigenvalue weighted by atomic mass is 10.1. The maximum Gasteiger partial charge on any atom is 0.203 e. The van der Waals surface area contributed by atoms with E-state index >= 15 is 0 Å². The van der Waals surface area contributed by atoms with Crippen molar-refractivity contribution in [3.8, 4) is 0 Å². The third-order valence-corrected chi connectivity index (χ3v) is 3.84. The molecule has 2 rings (SSSR count). The molecule has 1 aliphatic rings. The van der Waals surface area contributed by atoms with Gasteiger partial charge in [-0.1, -0.05) is 19.1 Å². The maximum absolute atomic E-state index is 12.1. The van der Waals surface area contributed by atoms with Crippen LogP contribution in [0.5, 0.6) is 0 Å². The Balaban J connectivity index is 2.26. The van der Waals surface area contributed by atoms with Gasteiger partial charge in [-0.05, 0) is 24.8 Å². The van der Waals surface area contributed by atoms with E-state index in [0.717, 1.165) is 5.75 Å². The first-order chi connectivity index (χ1) is 10.0. The van der Waals surface area contributed by atoms with Gasteiger partial charge in [-0.3, -0.25) is 14.4 Å². The Morgan fingerprint density at radius 1 is 1.14 bits per heavy atom. The van der Waals surface area contributed by atoms with Gasteiger partial charge in [0.1, 0.15) is 0 Å². The molecule has 1 aliphatic carbocycles. The van der Waals surface area contributed by atoms with Crippen molar-refractivity contribution in [2.24, 2.45) is 0 Å². The molecule has 1 aromatic carbocycles. The molecule has 108 valence electrons. The lowest BCUT2D eigenvalue weighted by Crippen LogP contribution is -2.18. The van der Waals surface area contributed by atoms with Gasteiger partial charge in [0.25, 0.3) is 0 Å². The average molecular weight is 301 g/mol. The minimum Gasteiger partial charge on any atom is -0.352 e. The lowest BCUT2D eigenvalue weighted by molar-refractivity contribution is -0.114. The quantitative estimate of drug-likeness (QED) is 0.669. The molecule has 0 spiro atoms. The molecule has 0 amide bonds. The van der Waals surface area contributed by atoms with Crippen molar-refractivity contribution in [3.63, 3.8) is 0 Å². The number of para-hydroxylation sites is 1. The van der Waals surface area contributed by atoms with E-state index in [-0.39, 0.29) is 23.0 Å². The number of carbonyl (C=O) groups is 3. The first kappa shape index (κ1) is 15.3. The Kier molecular flexibility index (Phi) is 4.75. The molecule has 0 saturated heterocycles. The zero-order valence-electron chi connectivity index (χ0n) is 11.8. The normalized spacial score (nSPS) is 14.6. The largest absolute Gasteiger partial charge is 0.352 e. The fourth-order valence-corrected chi connectivity index (χ4v) is 2.65. The summed E-state index contributed by atoms with van der Waals surface area (Å²) in [6, 6.07) is 6.89. The Morgan fingerprint density at radius 3 is 2.52 bits per heavy atom. The fourth-order valence-electron chi connectivity index (χ4n) is 1.95. The second-order valence-electron chi connectivity index (χ2n) is 4.45. The number of rotatable bonds is 5. The molecule has 0 saturated carbocycles. The molecular formula is C16H15NO3S. The van der Waals surface area contributed by atoms with E-state index in [1.807, 2.05) is 6.92 Å². The summed E-state index contributed by atoms with van der Waals surface area (Å²) in [5.74, 6) is 0.174. The number of thioether (sulfide) groups is 1. The zero-order chi connectivity index (χ0) is 15.4. The highest BCUT2D eigenvalue weighted by Crippen LogP contribution is 2.24. The van der Waals surface area contributed by atoms with E-state index in [1.54, 1.807) is 24.3 Å². The summed E-state index contributed by atoms with van der Waals surface area (Å²) in [5.41, 5.74) is 1.20. The van der Waals surface area contributed by atoms with Gasteiger partial charge in [-0.15, -0.1) is 11.8 Å². The highest BCUT2D eigenvalue weighted by Gasteiger charge is 2.21. The first-order valence-electron chi connectivity index (χ1n) is 6.54. The lowest BCUT2D eigenvalue weighted by Gasteiger charge is -2.15. The summed E-state index contributed by atoms with van der Waals surface area (Å²) >= 11 is 1.34. The van der Waals surface area contributed by atoms with E-state index < -0.39 is 0 Å². The fraction of sp³-hybridized carbons (Fsp3) is 0.188. The molecule has 0 unspecified atom stereocenters. The minimum absolute atomic E-state index is 0.106. The third kappa shape index (κ3) is 3.49. The molecule has 0 aliphatic heterocycles. The SMILES string of the molecule is CCSC1=CC(=O)C(Nc2ccccc2C(C)=O)=CC1=O. The molecule has 0 heterocycles. The standard InChI is InChI=1S/C16H15NO3S/c1-3-21-16-9-14(19)13(8-15(16)20)17-12-7-5-4-6-11(12)10(2)18/h4-9,17H,3H2,1-2H3. The number of benzene rings is 1. The number of Topliss-reactive ketones (excluding diaryl/α,β-unsaturated/α-hetero) is 1. The van der Waals surface area contributed by atoms with Crippen LogP contribution in [0.15, 0.2) is 47.0 Å². The second kappa shape index (κ2) is 6.54. The minimum atomic E-state index is -0.260. The van der Waals surface area contributed by atoms with Crippen LogP contribution in [0.3, 0.4) is 0 Å².